The summed E-state index contributed by atoms with van der Waals surface area (Å²) in [5, 5.41) is 3.96. The molecule has 1 unspecified atom stereocenters. The Hall–Kier alpha value is -3.35. The van der Waals surface area contributed by atoms with Crippen LogP contribution in [0, 0.1) is 6.92 Å². The van der Waals surface area contributed by atoms with E-state index in [0.717, 1.165) is 11.3 Å². The van der Waals surface area contributed by atoms with Gasteiger partial charge < -0.3 is 18.9 Å². The molecular weight excluding hydrogens is 370 g/mol. The van der Waals surface area contributed by atoms with Crippen molar-refractivity contribution in [3.8, 4) is 11.5 Å². The zero-order chi connectivity index (χ0) is 20.6. The molecule has 7 nitrogen and oxygen atoms in total. The number of rotatable bonds is 9. The number of carbonyl (C=O) groups is 1. The minimum absolute atomic E-state index is 0.111. The van der Waals surface area contributed by atoms with Crippen molar-refractivity contribution in [1.29, 1.82) is 0 Å². The predicted molar refractivity (Wildman–Crippen MR) is 108 cm³/mol. The van der Waals surface area contributed by atoms with Gasteiger partial charge in [-0.2, -0.15) is 4.98 Å². The van der Waals surface area contributed by atoms with Gasteiger partial charge in [-0.1, -0.05) is 41.6 Å². The van der Waals surface area contributed by atoms with E-state index in [4.69, 9.17) is 14.0 Å². The Morgan fingerprint density at radius 2 is 1.86 bits per heavy atom. The molecule has 0 saturated carbocycles. The highest BCUT2D eigenvalue weighted by atomic mass is 16.5. The minimum atomic E-state index is -0.578. The van der Waals surface area contributed by atoms with Gasteiger partial charge in [-0.05, 0) is 37.6 Å². The minimum Gasteiger partial charge on any atom is -0.483 e. The van der Waals surface area contributed by atoms with Crippen molar-refractivity contribution in [1.82, 2.24) is 15.0 Å². The van der Waals surface area contributed by atoms with Gasteiger partial charge >= 0.3 is 0 Å². The quantitative estimate of drug-likeness (QED) is 0.552. The van der Waals surface area contributed by atoms with Gasteiger partial charge in [0.2, 0.25) is 0 Å². The maximum absolute atomic E-state index is 12.5. The number of benzene rings is 2. The molecule has 0 spiro atoms. The summed E-state index contributed by atoms with van der Waals surface area (Å²) in [6.07, 6.45) is -0.0977. The highest BCUT2D eigenvalue weighted by Gasteiger charge is 2.19. The Bertz CT molecular complexity index is 927. The fraction of sp³-hybridized carbons (Fsp3) is 0.318. The van der Waals surface area contributed by atoms with Gasteiger partial charge in [-0.15, -0.1) is 0 Å². The zero-order valence-electron chi connectivity index (χ0n) is 16.9. The number of carbonyl (C=O) groups excluding carboxylic acids is 1. The van der Waals surface area contributed by atoms with Crippen molar-refractivity contribution in [2.45, 2.75) is 33.0 Å². The molecular formula is C22H25N3O4. The molecule has 0 fully saturated rings. The molecule has 3 rings (SSSR count). The number of hydrogen-bond donors (Lipinski definition) is 0. The van der Waals surface area contributed by atoms with E-state index in [2.05, 4.69) is 10.1 Å². The molecule has 7 heteroatoms. The highest BCUT2D eigenvalue weighted by molar-refractivity contribution is 5.80. The maximum Gasteiger partial charge on any atom is 0.264 e. The summed E-state index contributed by atoms with van der Waals surface area (Å²) in [7, 11) is 1.73. The molecule has 0 saturated heterocycles. The molecule has 1 amide bonds. The van der Waals surface area contributed by atoms with Crippen LogP contribution in [0.4, 0.5) is 0 Å². The second kappa shape index (κ2) is 9.73. The molecule has 0 aliphatic carbocycles. The molecule has 1 aromatic heterocycles. The number of hydrogen-bond acceptors (Lipinski definition) is 6. The van der Waals surface area contributed by atoms with Crippen molar-refractivity contribution < 1.29 is 18.8 Å². The lowest BCUT2D eigenvalue weighted by atomic mass is 10.2. The maximum atomic E-state index is 12.5. The molecule has 0 aliphatic rings. The smallest absolute Gasteiger partial charge is 0.264 e. The van der Waals surface area contributed by atoms with Crippen molar-refractivity contribution in [2.75, 3.05) is 13.6 Å². The third kappa shape index (κ3) is 5.81. The molecule has 1 heterocycles. The summed E-state index contributed by atoms with van der Waals surface area (Å²) >= 11 is 0. The van der Waals surface area contributed by atoms with Crippen LogP contribution in [0.1, 0.15) is 24.2 Å². The van der Waals surface area contributed by atoms with Crippen LogP contribution in [0.3, 0.4) is 0 Å². The number of nitrogens with zero attached hydrogens (tertiary/aromatic N) is 3. The van der Waals surface area contributed by atoms with E-state index in [1.807, 2.05) is 61.5 Å². The molecule has 29 heavy (non-hydrogen) atoms. The van der Waals surface area contributed by atoms with Crippen LogP contribution in [0.2, 0.25) is 0 Å². The summed E-state index contributed by atoms with van der Waals surface area (Å²) in [6, 6.07) is 17.0. The van der Waals surface area contributed by atoms with E-state index in [0.29, 0.717) is 30.4 Å². The lowest BCUT2D eigenvalue weighted by molar-refractivity contribution is -0.136. The topological polar surface area (TPSA) is 77.7 Å². The van der Waals surface area contributed by atoms with Crippen LogP contribution in [-0.4, -0.2) is 40.6 Å². The average molecular weight is 395 g/mol. The van der Waals surface area contributed by atoms with Crippen molar-refractivity contribution in [3.63, 3.8) is 0 Å². The number of para-hydroxylation sites is 2. The van der Waals surface area contributed by atoms with Crippen LogP contribution in [0.5, 0.6) is 11.5 Å². The van der Waals surface area contributed by atoms with E-state index < -0.39 is 6.10 Å². The number of aryl methyl sites for hydroxylation is 1. The number of amides is 1. The molecule has 0 radical (unpaired) electrons. The average Bonchev–Trinajstić information content (AvgIpc) is 3.19. The Kier molecular flexibility index (Phi) is 6.84. The monoisotopic (exact) mass is 395 g/mol. The van der Waals surface area contributed by atoms with Crippen LogP contribution in [-0.2, 0) is 17.8 Å². The number of aromatic nitrogens is 2. The first-order valence-corrected chi connectivity index (χ1v) is 9.49. The van der Waals surface area contributed by atoms with Gasteiger partial charge in [0.05, 0.1) is 0 Å². The van der Waals surface area contributed by atoms with Crippen LogP contribution >= 0.6 is 0 Å². The van der Waals surface area contributed by atoms with Gasteiger partial charge in [-0.25, -0.2) is 0 Å². The van der Waals surface area contributed by atoms with Gasteiger partial charge in [0.15, 0.2) is 18.5 Å². The largest absolute Gasteiger partial charge is 0.483 e. The molecule has 3 aromatic rings. The van der Waals surface area contributed by atoms with Crippen molar-refractivity contribution >= 4 is 5.91 Å². The fourth-order valence-electron chi connectivity index (χ4n) is 2.75. The van der Waals surface area contributed by atoms with E-state index >= 15 is 0 Å². The van der Waals surface area contributed by atoms with Crippen molar-refractivity contribution in [2.24, 2.45) is 0 Å². The van der Waals surface area contributed by atoms with Crippen LogP contribution in [0.25, 0.3) is 0 Å². The van der Waals surface area contributed by atoms with Gasteiger partial charge in [0, 0.05) is 20.0 Å². The van der Waals surface area contributed by atoms with Crippen LogP contribution in [0.15, 0.2) is 59.1 Å². The van der Waals surface area contributed by atoms with Crippen LogP contribution < -0.4 is 9.47 Å². The third-order valence-electron chi connectivity index (χ3n) is 4.41. The van der Waals surface area contributed by atoms with E-state index in [9.17, 15) is 4.79 Å². The van der Waals surface area contributed by atoms with Gasteiger partial charge in [0.1, 0.15) is 11.5 Å². The lowest BCUT2D eigenvalue weighted by Crippen LogP contribution is -2.39. The Morgan fingerprint density at radius 1 is 1.14 bits per heavy atom. The zero-order valence-corrected chi connectivity index (χ0v) is 16.9. The van der Waals surface area contributed by atoms with Gasteiger partial charge in [0.25, 0.3) is 11.8 Å². The first-order chi connectivity index (χ1) is 14.0. The molecule has 1 atom stereocenters. The summed E-state index contributed by atoms with van der Waals surface area (Å²) in [5.74, 6) is 2.27. The van der Waals surface area contributed by atoms with E-state index in [1.165, 1.54) is 0 Å². The molecule has 0 aliphatic heterocycles. The Labute approximate surface area is 170 Å². The van der Waals surface area contributed by atoms with E-state index in [1.54, 1.807) is 18.9 Å². The van der Waals surface area contributed by atoms with Gasteiger partial charge in [-0.3, -0.25) is 4.79 Å². The summed E-state index contributed by atoms with van der Waals surface area (Å²) < 4.78 is 16.6. The normalized spacial score (nSPS) is 11.7. The Morgan fingerprint density at radius 3 is 2.62 bits per heavy atom. The lowest BCUT2D eigenvalue weighted by Gasteiger charge is -2.21. The number of likely N-dealkylation sites (N-methyl/N-ethyl adjacent to an activating group) is 1. The second-order valence-corrected chi connectivity index (χ2v) is 6.74. The third-order valence-corrected chi connectivity index (χ3v) is 4.41. The summed E-state index contributed by atoms with van der Waals surface area (Å²) in [5.41, 5.74) is 1.04. The summed E-state index contributed by atoms with van der Waals surface area (Å²) in [4.78, 5) is 18.4. The fourth-order valence-corrected chi connectivity index (χ4v) is 2.75. The highest BCUT2D eigenvalue weighted by Crippen LogP contribution is 2.17. The molecule has 152 valence electrons. The van der Waals surface area contributed by atoms with E-state index in [-0.39, 0.29) is 12.5 Å². The van der Waals surface area contributed by atoms with Crippen molar-refractivity contribution in [3.05, 3.63) is 71.9 Å². The Balaban J connectivity index is 1.46. The SMILES string of the molecule is Cc1ccccc1OCc1nc(CCN(C)C(=O)C(C)Oc2ccccc2)no1. The number of ether oxygens (including phenoxy) is 2. The first kappa shape index (κ1) is 20.4. The standard InChI is InChI=1S/C22H25N3O4/c1-16-9-7-8-12-19(16)27-15-21-23-20(24-29-21)13-14-25(3)22(26)17(2)28-18-10-5-4-6-11-18/h4-12,17H,13-15H2,1-3H3. The summed E-state index contributed by atoms with van der Waals surface area (Å²) in [6.45, 7) is 4.37. The second-order valence-electron chi connectivity index (χ2n) is 6.74. The predicted octanol–water partition coefficient (Wildman–Crippen LogP) is 3.43. The molecule has 2 aromatic carbocycles. The molecule has 0 bridgehead atoms. The first-order valence-electron chi connectivity index (χ1n) is 9.49. The molecule has 0 N–H and O–H groups in total.